The molecule has 0 aliphatic rings. The van der Waals surface area contributed by atoms with Crippen LogP contribution in [-0.2, 0) is 4.74 Å². The zero-order chi connectivity index (χ0) is 15.5. The van der Waals surface area contributed by atoms with Gasteiger partial charge >= 0.3 is 12.1 Å². The number of nitrogen functional groups attached to an aromatic ring is 1. The third kappa shape index (κ3) is 4.19. The van der Waals surface area contributed by atoms with E-state index in [0.29, 0.717) is 0 Å². The zero-order valence-electron chi connectivity index (χ0n) is 10.9. The maximum absolute atomic E-state index is 12.5. The molecule has 0 fully saturated rings. The summed E-state index contributed by atoms with van der Waals surface area (Å²) < 4.78 is 42.2. The van der Waals surface area contributed by atoms with Gasteiger partial charge in [0.05, 0.1) is 22.9 Å². The van der Waals surface area contributed by atoms with E-state index in [0.717, 1.165) is 4.90 Å². The molecule has 20 heavy (non-hydrogen) atoms. The number of anilines is 2. The van der Waals surface area contributed by atoms with Gasteiger partial charge in [-0.05, 0) is 19.1 Å². The van der Waals surface area contributed by atoms with Crippen molar-refractivity contribution in [2.45, 2.75) is 13.1 Å². The van der Waals surface area contributed by atoms with Crippen LogP contribution in [0.4, 0.5) is 24.5 Å². The van der Waals surface area contributed by atoms with Gasteiger partial charge in [0, 0.05) is 12.7 Å². The molecular formula is C12H14ClF3N2O2. The first-order valence-electron chi connectivity index (χ1n) is 5.69. The van der Waals surface area contributed by atoms with Gasteiger partial charge in [0.15, 0.2) is 0 Å². The van der Waals surface area contributed by atoms with E-state index in [-0.39, 0.29) is 28.6 Å². The van der Waals surface area contributed by atoms with E-state index < -0.39 is 18.7 Å². The first-order valence-corrected chi connectivity index (χ1v) is 6.07. The van der Waals surface area contributed by atoms with E-state index in [4.69, 9.17) is 22.1 Å². The number of halogens is 4. The number of nitrogens with zero attached hydrogens (tertiary/aromatic N) is 1. The highest BCUT2D eigenvalue weighted by atomic mass is 35.5. The Bertz CT molecular complexity index is 506. The summed E-state index contributed by atoms with van der Waals surface area (Å²) in [7, 11) is 1.19. The number of hydrogen-bond acceptors (Lipinski definition) is 4. The van der Waals surface area contributed by atoms with Crippen LogP contribution in [0.1, 0.15) is 17.3 Å². The number of hydrogen-bond donors (Lipinski definition) is 1. The summed E-state index contributed by atoms with van der Waals surface area (Å²) in [5.41, 5.74) is 5.57. The second kappa shape index (κ2) is 6.21. The van der Waals surface area contributed by atoms with Gasteiger partial charge in [0.1, 0.15) is 6.54 Å². The quantitative estimate of drug-likeness (QED) is 0.686. The van der Waals surface area contributed by atoms with Gasteiger partial charge in [-0.3, -0.25) is 0 Å². The Balaban J connectivity index is 3.26. The van der Waals surface area contributed by atoms with Gasteiger partial charge < -0.3 is 15.4 Å². The number of rotatable bonds is 4. The molecule has 0 radical (unpaired) electrons. The smallest absolute Gasteiger partial charge is 0.405 e. The highest BCUT2D eigenvalue weighted by Gasteiger charge is 2.32. The number of carbonyl (C=O) groups excluding carboxylic acids is 1. The van der Waals surface area contributed by atoms with Gasteiger partial charge in [-0.1, -0.05) is 11.6 Å². The summed E-state index contributed by atoms with van der Waals surface area (Å²) in [6.45, 7) is 0.432. The Morgan fingerprint density at radius 2 is 2.05 bits per heavy atom. The van der Waals surface area contributed by atoms with E-state index in [1.165, 1.54) is 19.2 Å². The molecular weight excluding hydrogens is 297 g/mol. The van der Waals surface area contributed by atoms with E-state index in [2.05, 4.69) is 0 Å². The van der Waals surface area contributed by atoms with Gasteiger partial charge in [-0.25, -0.2) is 4.79 Å². The summed E-state index contributed by atoms with van der Waals surface area (Å²) in [5, 5.41) is -0.0418. The van der Waals surface area contributed by atoms with Gasteiger partial charge in [0.25, 0.3) is 0 Å². The molecule has 0 aliphatic heterocycles. The van der Waals surface area contributed by atoms with Crippen LogP contribution in [0.3, 0.4) is 0 Å². The van der Waals surface area contributed by atoms with Crippen molar-refractivity contribution in [3.63, 3.8) is 0 Å². The molecule has 0 aromatic heterocycles. The van der Waals surface area contributed by atoms with E-state index in [1.807, 2.05) is 0 Å². The zero-order valence-corrected chi connectivity index (χ0v) is 11.7. The minimum atomic E-state index is -4.43. The number of carbonyl (C=O) groups is 1. The highest BCUT2D eigenvalue weighted by molar-refractivity contribution is 6.34. The monoisotopic (exact) mass is 310 g/mol. The normalized spacial score (nSPS) is 11.3. The lowest BCUT2D eigenvalue weighted by atomic mass is 10.1. The molecule has 4 nitrogen and oxygen atoms in total. The second-order valence-corrected chi connectivity index (χ2v) is 4.50. The van der Waals surface area contributed by atoms with Crippen molar-refractivity contribution in [1.82, 2.24) is 0 Å². The van der Waals surface area contributed by atoms with Crippen molar-refractivity contribution in [1.29, 1.82) is 0 Å². The predicted octanol–water partition coefficient (Wildman–Crippen LogP) is 3.10. The fourth-order valence-corrected chi connectivity index (χ4v) is 2.09. The van der Waals surface area contributed by atoms with Crippen LogP contribution < -0.4 is 10.6 Å². The van der Waals surface area contributed by atoms with Crippen LogP contribution in [0.2, 0.25) is 5.02 Å². The second-order valence-electron chi connectivity index (χ2n) is 4.09. The van der Waals surface area contributed by atoms with Crippen molar-refractivity contribution in [3.05, 3.63) is 22.7 Å². The molecule has 0 aliphatic carbocycles. The van der Waals surface area contributed by atoms with Crippen LogP contribution in [0, 0.1) is 0 Å². The molecule has 1 aromatic carbocycles. The first-order chi connectivity index (χ1) is 9.15. The molecule has 8 heteroatoms. The number of esters is 1. The summed E-state index contributed by atoms with van der Waals surface area (Å²) in [6.07, 6.45) is -4.43. The molecule has 0 amide bonds. The Hall–Kier alpha value is -1.63. The molecule has 0 saturated heterocycles. The minimum Gasteiger partial charge on any atom is -0.462 e. The Labute approximate surface area is 119 Å². The Morgan fingerprint density at radius 3 is 2.55 bits per heavy atom. The molecule has 0 atom stereocenters. The maximum Gasteiger partial charge on any atom is 0.405 e. The summed E-state index contributed by atoms with van der Waals surface area (Å²) in [4.78, 5) is 12.6. The fraction of sp³-hybridized carbons (Fsp3) is 0.417. The van der Waals surface area contributed by atoms with Gasteiger partial charge in [-0.15, -0.1) is 0 Å². The van der Waals surface area contributed by atoms with Crippen LogP contribution in [0.25, 0.3) is 0 Å². The maximum atomic E-state index is 12.5. The SMILES string of the molecule is CCOC(=O)c1cc(N)cc(Cl)c1N(C)CC(F)(F)F. The lowest BCUT2D eigenvalue weighted by Crippen LogP contribution is -2.32. The van der Waals surface area contributed by atoms with Crippen LogP contribution >= 0.6 is 11.6 Å². The average Bonchev–Trinajstić information content (AvgIpc) is 2.25. The van der Waals surface area contributed by atoms with Crippen LogP contribution in [0.5, 0.6) is 0 Å². The van der Waals surface area contributed by atoms with E-state index >= 15 is 0 Å². The minimum absolute atomic E-state index is 0.0418. The fourth-order valence-electron chi connectivity index (χ4n) is 1.72. The molecule has 0 heterocycles. The standard InChI is InChI=1S/C12H14ClF3N2O2/c1-3-20-11(19)8-4-7(17)5-9(13)10(8)18(2)6-12(14,15)16/h4-5H,3,6,17H2,1-2H3. The molecule has 0 unspecified atom stereocenters. The topological polar surface area (TPSA) is 55.6 Å². The van der Waals surface area contributed by atoms with Crippen molar-refractivity contribution >= 4 is 28.9 Å². The van der Waals surface area contributed by atoms with Crippen molar-refractivity contribution in [2.75, 3.05) is 30.8 Å². The number of alkyl halides is 3. The molecule has 1 aromatic rings. The predicted molar refractivity (Wildman–Crippen MR) is 71.1 cm³/mol. The van der Waals surface area contributed by atoms with Crippen molar-refractivity contribution in [3.8, 4) is 0 Å². The lowest BCUT2D eigenvalue weighted by molar-refractivity contribution is -0.119. The van der Waals surface area contributed by atoms with Crippen molar-refractivity contribution in [2.24, 2.45) is 0 Å². The Kier molecular flexibility index (Phi) is 5.10. The Morgan fingerprint density at radius 1 is 1.45 bits per heavy atom. The average molecular weight is 311 g/mol. The van der Waals surface area contributed by atoms with Gasteiger partial charge in [-0.2, -0.15) is 13.2 Å². The first kappa shape index (κ1) is 16.4. The number of ether oxygens (including phenoxy) is 1. The molecule has 2 N–H and O–H groups in total. The lowest BCUT2D eigenvalue weighted by Gasteiger charge is -2.24. The van der Waals surface area contributed by atoms with E-state index in [1.54, 1.807) is 6.92 Å². The molecule has 112 valence electrons. The third-order valence-corrected chi connectivity index (χ3v) is 2.67. The van der Waals surface area contributed by atoms with Crippen LogP contribution in [-0.4, -0.2) is 32.3 Å². The largest absolute Gasteiger partial charge is 0.462 e. The molecule has 1 rings (SSSR count). The summed E-state index contributed by atoms with van der Waals surface area (Å²) in [5.74, 6) is -0.772. The molecule has 0 spiro atoms. The van der Waals surface area contributed by atoms with Crippen LogP contribution in [0.15, 0.2) is 12.1 Å². The van der Waals surface area contributed by atoms with E-state index in [9.17, 15) is 18.0 Å². The highest BCUT2D eigenvalue weighted by Crippen LogP contribution is 2.34. The van der Waals surface area contributed by atoms with Gasteiger partial charge in [0.2, 0.25) is 0 Å². The summed E-state index contributed by atoms with van der Waals surface area (Å²) in [6, 6.07) is 2.53. The molecule has 0 saturated carbocycles. The molecule has 0 bridgehead atoms. The number of nitrogens with two attached hydrogens (primary N) is 1. The summed E-state index contributed by atoms with van der Waals surface area (Å²) >= 11 is 5.91. The third-order valence-electron chi connectivity index (χ3n) is 2.38. The number of benzene rings is 1. The van der Waals surface area contributed by atoms with Crippen molar-refractivity contribution < 1.29 is 22.7 Å².